The lowest BCUT2D eigenvalue weighted by Gasteiger charge is -2.42. The minimum Gasteiger partial charge on any atom is -0.342 e. The number of para-hydroxylation sites is 1. The van der Waals surface area contributed by atoms with Crippen molar-refractivity contribution in [2.75, 3.05) is 13.1 Å². The number of aromatic nitrogens is 2. The van der Waals surface area contributed by atoms with Crippen molar-refractivity contribution in [2.24, 2.45) is 11.1 Å². The van der Waals surface area contributed by atoms with Crippen molar-refractivity contribution in [3.8, 4) is 5.69 Å². The van der Waals surface area contributed by atoms with Crippen LogP contribution in [0.4, 0.5) is 0 Å². The molecule has 24 heavy (non-hydrogen) atoms. The quantitative estimate of drug-likeness (QED) is 0.926. The number of amides is 1. The monoisotopic (exact) mass is 348 g/mol. The third-order valence-electron chi connectivity index (χ3n) is 4.68. The van der Waals surface area contributed by atoms with Gasteiger partial charge in [0.25, 0.3) is 0 Å². The number of nitrogens with zero attached hydrogens (tertiary/aromatic N) is 3. The number of rotatable bonds is 3. The lowest BCUT2D eigenvalue weighted by molar-refractivity contribution is -0.133. The number of benzene rings is 1. The Balaban J connectivity index is 0.00000208. The van der Waals surface area contributed by atoms with Crippen LogP contribution in [0.2, 0.25) is 0 Å². The summed E-state index contributed by atoms with van der Waals surface area (Å²) in [5.74, 6) is 0.151. The van der Waals surface area contributed by atoms with Crippen LogP contribution in [0, 0.1) is 5.41 Å². The predicted octanol–water partition coefficient (Wildman–Crippen LogP) is 2.42. The first-order chi connectivity index (χ1) is 11.0. The second kappa shape index (κ2) is 7.36. The van der Waals surface area contributed by atoms with Gasteiger partial charge in [0, 0.05) is 25.3 Å². The van der Waals surface area contributed by atoms with Crippen LogP contribution in [0.15, 0.2) is 42.7 Å². The van der Waals surface area contributed by atoms with E-state index >= 15 is 0 Å². The maximum absolute atomic E-state index is 12.6. The van der Waals surface area contributed by atoms with E-state index in [1.165, 1.54) is 0 Å². The van der Waals surface area contributed by atoms with Crippen molar-refractivity contribution >= 4 is 18.3 Å². The predicted molar refractivity (Wildman–Crippen MR) is 97.5 cm³/mol. The maximum Gasteiger partial charge on any atom is 0.227 e. The number of carbonyl (C=O) groups is 1. The molecule has 2 aromatic rings. The van der Waals surface area contributed by atoms with E-state index in [-0.39, 0.29) is 29.8 Å². The molecular formula is C18H25ClN4O. The highest BCUT2D eigenvalue weighted by Gasteiger charge is 2.35. The van der Waals surface area contributed by atoms with Gasteiger partial charge in [-0.15, -0.1) is 12.4 Å². The van der Waals surface area contributed by atoms with E-state index in [0.717, 1.165) is 30.8 Å². The number of hydrogen-bond acceptors (Lipinski definition) is 3. The van der Waals surface area contributed by atoms with Crippen molar-refractivity contribution in [1.82, 2.24) is 14.7 Å². The summed E-state index contributed by atoms with van der Waals surface area (Å²) >= 11 is 0. The molecule has 0 spiro atoms. The van der Waals surface area contributed by atoms with Gasteiger partial charge in [-0.3, -0.25) is 4.79 Å². The molecule has 1 aromatic heterocycles. The topological polar surface area (TPSA) is 64.2 Å². The van der Waals surface area contributed by atoms with E-state index in [4.69, 9.17) is 5.73 Å². The summed E-state index contributed by atoms with van der Waals surface area (Å²) < 4.78 is 1.80. The molecule has 0 radical (unpaired) electrons. The minimum atomic E-state index is -0.0257. The van der Waals surface area contributed by atoms with Crippen LogP contribution in [-0.2, 0) is 11.2 Å². The summed E-state index contributed by atoms with van der Waals surface area (Å²) in [6, 6.07) is 10.1. The van der Waals surface area contributed by atoms with Gasteiger partial charge in [-0.05, 0) is 29.5 Å². The molecule has 1 saturated heterocycles. The summed E-state index contributed by atoms with van der Waals surface area (Å²) in [7, 11) is 0. The Morgan fingerprint density at radius 2 is 2.04 bits per heavy atom. The molecule has 2 N–H and O–H groups in total. The van der Waals surface area contributed by atoms with Crippen molar-refractivity contribution < 1.29 is 4.79 Å². The third-order valence-corrected chi connectivity index (χ3v) is 4.68. The van der Waals surface area contributed by atoms with Gasteiger partial charge in [-0.25, -0.2) is 4.68 Å². The van der Waals surface area contributed by atoms with Crippen LogP contribution in [0.5, 0.6) is 0 Å². The molecule has 1 aromatic carbocycles. The molecule has 130 valence electrons. The summed E-state index contributed by atoms with van der Waals surface area (Å²) in [5, 5.41) is 4.35. The van der Waals surface area contributed by atoms with E-state index in [2.05, 4.69) is 18.9 Å². The highest BCUT2D eigenvalue weighted by atomic mass is 35.5. The summed E-state index contributed by atoms with van der Waals surface area (Å²) in [4.78, 5) is 14.5. The van der Waals surface area contributed by atoms with Gasteiger partial charge in [0.1, 0.15) is 0 Å². The molecule has 1 atom stereocenters. The Morgan fingerprint density at radius 1 is 1.33 bits per heavy atom. The summed E-state index contributed by atoms with van der Waals surface area (Å²) in [5.41, 5.74) is 8.05. The first-order valence-corrected chi connectivity index (χ1v) is 8.08. The van der Waals surface area contributed by atoms with E-state index in [9.17, 15) is 4.79 Å². The summed E-state index contributed by atoms with van der Waals surface area (Å²) in [6.07, 6.45) is 4.94. The van der Waals surface area contributed by atoms with Crippen LogP contribution in [0.3, 0.4) is 0 Å². The van der Waals surface area contributed by atoms with Crippen LogP contribution < -0.4 is 5.73 Å². The Kier molecular flexibility index (Phi) is 5.67. The third kappa shape index (κ3) is 3.97. The molecule has 0 bridgehead atoms. The Bertz CT molecular complexity index is 683. The van der Waals surface area contributed by atoms with Crippen LogP contribution >= 0.6 is 12.4 Å². The highest BCUT2D eigenvalue weighted by molar-refractivity contribution is 5.85. The zero-order valence-electron chi connectivity index (χ0n) is 14.2. The second-order valence-corrected chi connectivity index (χ2v) is 7.00. The van der Waals surface area contributed by atoms with Gasteiger partial charge >= 0.3 is 0 Å². The number of nitrogens with two attached hydrogens (primary N) is 1. The molecule has 1 unspecified atom stereocenters. The van der Waals surface area contributed by atoms with Gasteiger partial charge < -0.3 is 10.6 Å². The average Bonchev–Trinajstić information content (AvgIpc) is 2.99. The fourth-order valence-electron chi connectivity index (χ4n) is 3.05. The van der Waals surface area contributed by atoms with E-state index in [0.29, 0.717) is 6.42 Å². The zero-order chi connectivity index (χ0) is 16.4. The van der Waals surface area contributed by atoms with Gasteiger partial charge in [-0.1, -0.05) is 32.0 Å². The van der Waals surface area contributed by atoms with Gasteiger partial charge in [0.15, 0.2) is 0 Å². The van der Waals surface area contributed by atoms with E-state index < -0.39 is 0 Å². The smallest absolute Gasteiger partial charge is 0.227 e. The fraction of sp³-hybridized carbons (Fsp3) is 0.444. The minimum absolute atomic E-state index is 0. The van der Waals surface area contributed by atoms with Crippen molar-refractivity contribution in [2.45, 2.75) is 32.7 Å². The molecular weight excluding hydrogens is 324 g/mol. The highest BCUT2D eigenvalue weighted by Crippen LogP contribution is 2.28. The fourth-order valence-corrected chi connectivity index (χ4v) is 3.05. The number of carbonyl (C=O) groups excluding carboxylic acids is 1. The molecule has 2 heterocycles. The first kappa shape index (κ1) is 18.5. The molecule has 0 saturated carbocycles. The van der Waals surface area contributed by atoms with Gasteiger partial charge in [0.05, 0.1) is 18.3 Å². The lowest BCUT2D eigenvalue weighted by Crippen LogP contribution is -2.54. The average molecular weight is 349 g/mol. The van der Waals surface area contributed by atoms with E-state index in [1.807, 2.05) is 41.4 Å². The largest absolute Gasteiger partial charge is 0.342 e. The molecule has 6 heteroatoms. The molecule has 0 aliphatic carbocycles. The van der Waals surface area contributed by atoms with Gasteiger partial charge in [-0.2, -0.15) is 5.10 Å². The number of hydrogen-bond donors (Lipinski definition) is 1. The standard InChI is InChI=1S/C18H24N4O.ClH/c1-18(2)13-21(9-8-16(18)19)17(23)10-14-11-20-22(12-14)15-6-4-3-5-7-15;/h3-7,11-12,16H,8-10,13,19H2,1-2H3;1H. The Morgan fingerprint density at radius 3 is 2.71 bits per heavy atom. The number of halogens is 1. The van der Waals surface area contributed by atoms with E-state index in [1.54, 1.807) is 10.9 Å². The molecule has 3 rings (SSSR count). The zero-order valence-corrected chi connectivity index (χ0v) is 15.0. The van der Waals surface area contributed by atoms with Crippen molar-refractivity contribution in [3.63, 3.8) is 0 Å². The lowest BCUT2D eigenvalue weighted by atomic mass is 9.79. The summed E-state index contributed by atoms with van der Waals surface area (Å²) in [6.45, 7) is 5.73. The second-order valence-electron chi connectivity index (χ2n) is 7.00. The Hall–Kier alpha value is -1.85. The SMILES string of the molecule is CC1(C)CN(C(=O)Cc2cnn(-c3ccccc3)c2)CCC1N.Cl. The molecule has 1 fully saturated rings. The van der Waals surface area contributed by atoms with Crippen LogP contribution in [0.25, 0.3) is 5.69 Å². The molecule has 1 amide bonds. The normalized spacial score (nSPS) is 19.6. The Labute approximate surface area is 149 Å². The van der Waals surface area contributed by atoms with Crippen molar-refractivity contribution in [3.05, 3.63) is 48.3 Å². The van der Waals surface area contributed by atoms with Crippen LogP contribution in [-0.4, -0.2) is 39.7 Å². The number of piperidine rings is 1. The maximum atomic E-state index is 12.6. The van der Waals surface area contributed by atoms with Gasteiger partial charge in [0.2, 0.25) is 5.91 Å². The first-order valence-electron chi connectivity index (χ1n) is 8.08. The van der Waals surface area contributed by atoms with Crippen LogP contribution in [0.1, 0.15) is 25.8 Å². The van der Waals surface area contributed by atoms with Crippen molar-refractivity contribution in [1.29, 1.82) is 0 Å². The molecule has 1 aliphatic heterocycles. The number of likely N-dealkylation sites (tertiary alicyclic amines) is 1. The molecule has 1 aliphatic rings. The molecule has 5 nitrogen and oxygen atoms in total.